The van der Waals surface area contributed by atoms with Crippen LogP contribution < -0.4 is 0 Å². The molecule has 3 atom stereocenters. The van der Waals surface area contributed by atoms with E-state index in [0.29, 0.717) is 12.0 Å². The molecule has 0 amide bonds. The first-order chi connectivity index (χ1) is 7.22. The van der Waals surface area contributed by atoms with Crippen molar-refractivity contribution in [1.29, 1.82) is 0 Å². The van der Waals surface area contributed by atoms with Crippen molar-refractivity contribution in [2.75, 3.05) is 6.61 Å². The maximum Gasteiger partial charge on any atom is 0.129 e. The van der Waals surface area contributed by atoms with Gasteiger partial charge in [-0.1, -0.05) is 18.2 Å². The van der Waals surface area contributed by atoms with Crippen molar-refractivity contribution in [3.05, 3.63) is 35.6 Å². The molecule has 1 fully saturated rings. The van der Waals surface area contributed by atoms with Gasteiger partial charge in [0.1, 0.15) is 11.9 Å². The highest BCUT2D eigenvalue weighted by Crippen LogP contribution is 2.33. The lowest BCUT2D eigenvalue weighted by Gasteiger charge is -2.12. The summed E-state index contributed by atoms with van der Waals surface area (Å²) < 4.78 is 18.7. The van der Waals surface area contributed by atoms with Crippen molar-refractivity contribution in [1.82, 2.24) is 0 Å². The summed E-state index contributed by atoms with van der Waals surface area (Å²) >= 11 is 0. The fourth-order valence-corrected chi connectivity index (χ4v) is 1.83. The molecule has 0 bridgehead atoms. The molecule has 1 aromatic rings. The van der Waals surface area contributed by atoms with E-state index in [1.54, 1.807) is 18.2 Å². The average molecular weight is 212 g/mol. The van der Waals surface area contributed by atoms with Crippen molar-refractivity contribution in [2.45, 2.75) is 24.7 Å². The Morgan fingerprint density at radius 1 is 1.40 bits per heavy atom. The van der Waals surface area contributed by atoms with Gasteiger partial charge in [0.05, 0.1) is 18.8 Å². The van der Waals surface area contributed by atoms with Crippen molar-refractivity contribution in [3.63, 3.8) is 0 Å². The lowest BCUT2D eigenvalue weighted by molar-refractivity contribution is -0.0233. The van der Waals surface area contributed by atoms with Crippen LogP contribution in [0.1, 0.15) is 18.1 Å². The highest BCUT2D eigenvalue weighted by molar-refractivity contribution is 5.21. The number of aliphatic hydroxyl groups excluding tert-OH is 2. The molecule has 3 nitrogen and oxygen atoms in total. The van der Waals surface area contributed by atoms with E-state index < -0.39 is 18.3 Å². The van der Waals surface area contributed by atoms with Crippen molar-refractivity contribution >= 4 is 0 Å². The van der Waals surface area contributed by atoms with E-state index in [4.69, 9.17) is 9.84 Å². The second-order valence-corrected chi connectivity index (χ2v) is 3.67. The van der Waals surface area contributed by atoms with E-state index in [9.17, 15) is 9.50 Å². The predicted molar refractivity (Wildman–Crippen MR) is 51.7 cm³/mol. The molecule has 1 aromatic carbocycles. The van der Waals surface area contributed by atoms with Crippen LogP contribution in [0.25, 0.3) is 0 Å². The summed E-state index contributed by atoms with van der Waals surface area (Å²) in [7, 11) is 0. The van der Waals surface area contributed by atoms with Gasteiger partial charge in [-0.15, -0.1) is 0 Å². The monoisotopic (exact) mass is 212 g/mol. The number of aliphatic hydroxyl groups is 2. The summed E-state index contributed by atoms with van der Waals surface area (Å²) in [4.78, 5) is 0. The molecule has 0 spiro atoms. The normalized spacial score (nSPS) is 30.7. The fraction of sp³-hybridized carbons (Fsp3) is 0.455. The van der Waals surface area contributed by atoms with E-state index in [0.717, 1.165) is 0 Å². The second kappa shape index (κ2) is 4.26. The quantitative estimate of drug-likeness (QED) is 0.769. The summed E-state index contributed by atoms with van der Waals surface area (Å²) in [5.74, 6) is -0.340. The van der Waals surface area contributed by atoms with Gasteiger partial charge in [0, 0.05) is 12.0 Å². The smallest absolute Gasteiger partial charge is 0.129 e. The lowest BCUT2D eigenvalue weighted by Crippen LogP contribution is -2.24. The van der Waals surface area contributed by atoms with Crippen molar-refractivity contribution < 1.29 is 19.3 Å². The maximum atomic E-state index is 13.4. The zero-order chi connectivity index (χ0) is 10.8. The Balaban J connectivity index is 2.17. The molecular formula is C11H13FO3. The third kappa shape index (κ3) is 2.02. The van der Waals surface area contributed by atoms with Crippen LogP contribution in [0.3, 0.4) is 0 Å². The van der Waals surface area contributed by atoms with E-state index in [1.807, 2.05) is 0 Å². The Morgan fingerprint density at radius 3 is 2.73 bits per heavy atom. The highest BCUT2D eigenvalue weighted by Gasteiger charge is 2.35. The molecule has 1 aliphatic heterocycles. The molecular weight excluding hydrogens is 199 g/mol. The number of hydrogen-bond donors (Lipinski definition) is 2. The number of ether oxygens (including phenoxy) is 1. The zero-order valence-electron chi connectivity index (χ0n) is 8.14. The van der Waals surface area contributed by atoms with Crippen LogP contribution >= 0.6 is 0 Å². The third-order valence-electron chi connectivity index (χ3n) is 2.66. The molecule has 0 radical (unpaired) electrons. The summed E-state index contributed by atoms with van der Waals surface area (Å²) in [5.41, 5.74) is 0.438. The molecule has 2 rings (SSSR count). The molecule has 0 aliphatic carbocycles. The van der Waals surface area contributed by atoms with Crippen LogP contribution in [0.2, 0.25) is 0 Å². The minimum absolute atomic E-state index is 0.244. The van der Waals surface area contributed by atoms with E-state index in [-0.39, 0.29) is 12.4 Å². The Bertz CT molecular complexity index is 342. The van der Waals surface area contributed by atoms with E-state index >= 15 is 0 Å². The predicted octanol–water partition coefficient (Wildman–Crippen LogP) is 1.01. The first kappa shape index (κ1) is 10.5. The van der Waals surface area contributed by atoms with Crippen LogP contribution in [0.5, 0.6) is 0 Å². The standard InChI is InChI=1S/C11H13FO3/c12-8-4-2-1-3-7(8)10-5-9(14)11(6-13)15-10/h1-4,9-11,13-14H,5-6H2/t9-,10+,11+/m0/s1. The van der Waals surface area contributed by atoms with Gasteiger partial charge < -0.3 is 14.9 Å². The molecule has 1 saturated heterocycles. The number of halogens is 1. The first-order valence-corrected chi connectivity index (χ1v) is 4.91. The molecule has 82 valence electrons. The lowest BCUT2D eigenvalue weighted by atomic mass is 10.0. The van der Waals surface area contributed by atoms with Gasteiger partial charge in [-0.25, -0.2) is 4.39 Å². The molecule has 15 heavy (non-hydrogen) atoms. The van der Waals surface area contributed by atoms with Gasteiger partial charge in [-0.3, -0.25) is 0 Å². The number of rotatable bonds is 2. The van der Waals surface area contributed by atoms with Gasteiger partial charge in [0.25, 0.3) is 0 Å². The van der Waals surface area contributed by atoms with E-state index in [2.05, 4.69) is 0 Å². The van der Waals surface area contributed by atoms with Gasteiger partial charge in [0.2, 0.25) is 0 Å². The van der Waals surface area contributed by atoms with Gasteiger partial charge >= 0.3 is 0 Å². The fourth-order valence-electron chi connectivity index (χ4n) is 1.83. The molecule has 0 aromatic heterocycles. The van der Waals surface area contributed by atoms with Crippen LogP contribution in [0.4, 0.5) is 4.39 Å². The molecule has 2 N–H and O–H groups in total. The maximum absolute atomic E-state index is 13.4. The summed E-state index contributed by atoms with van der Waals surface area (Å²) in [5, 5.41) is 18.4. The molecule has 0 saturated carbocycles. The van der Waals surface area contributed by atoms with Crippen molar-refractivity contribution in [3.8, 4) is 0 Å². The Labute approximate surface area is 87.1 Å². The van der Waals surface area contributed by atoms with Crippen LogP contribution in [-0.2, 0) is 4.74 Å². The SMILES string of the molecule is OC[C@H]1O[C@@H](c2ccccc2F)C[C@@H]1O. The Kier molecular flexibility index (Phi) is 3.00. The Morgan fingerprint density at radius 2 is 2.13 bits per heavy atom. The Hall–Kier alpha value is -0.970. The van der Waals surface area contributed by atoms with E-state index in [1.165, 1.54) is 6.07 Å². The van der Waals surface area contributed by atoms with Gasteiger partial charge in [-0.05, 0) is 6.07 Å². The zero-order valence-corrected chi connectivity index (χ0v) is 8.14. The molecule has 1 heterocycles. The number of benzene rings is 1. The van der Waals surface area contributed by atoms with Crippen LogP contribution in [0.15, 0.2) is 24.3 Å². The topological polar surface area (TPSA) is 49.7 Å². The van der Waals surface area contributed by atoms with Crippen LogP contribution in [0, 0.1) is 5.82 Å². The highest BCUT2D eigenvalue weighted by atomic mass is 19.1. The summed E-state index contributed by atoms with van der Waals surface area (Å²) in [6.45, 7) is -0.244. The van der Waals surface area contributed by atoms with Gasteiger partial charge in [-0.2, -0.15) is 0 Å². The first-order valence-electron chi connectivity index (χ1n) is 4.91. The summed E-state index contributed by atoms with van der Waals surface area (Å²) in [6.07, 6.45) is -1.46. The van der Waals surface area contributed by atoms with Gasteiger partial charge in [0.15, 0.2) is 0 Å². The molecule has 1 aliphatic rings. The number of hydrogen-bond acceptors (Lipinski definition) is 3. The third-order valence-corrected chi connectivity index (χ3v) is 2.66. The molecule has 0 unspecified atom stereocenters. The molecule has 4 heteroatoms. The second-order valence-electron chi connectivity index (χ2n) is 3.67. The average Bonchev–Trinajstić information content (AvgIpc) is 2.60. The van der Waals surface area contributed by atoms with Crippen molar-refractivity contribution in [2.24, 2.45) is 0 Å². The largest absolute Gasteiger partial charge is 0.394 e. The summed E-state index contributed by atoms with van der Waals surface area (Å²) in [6, 6.07) is 6.32. The van der Waals surface area contributed by atoms with Crippen LogP contribution in [-0.4, -0.2) is 29.0 Å². The minimum Gasteiger partial charge on any atom is -0.394 e. The minimum atomic E-state index is -0.723.